The van der Waals surface area contributed by atoms with Crippen molar-refractivity contribution in [2.24, 2.45) is 0 Å². The van der Waals surface area contributed by atoms with Crippen molar-refractivity contribution in [1.82, 2.24) is 0 Å². The predicted octanol–water partition coefficient (Wildman–Crippen LogP) is 1.30. The zero-order chi connectivity index (χ0) is 5.98. The van der Waals surface area contributed by atoms with E-state index in [1.807, 2.05) is 0 Å². The van der Waals surface area contributed by atoms with Gasteiger partial charge in [-0.05, 0) is 27.7 Å². The van der Waals surface area contributed by atoms with Gasteiger partial charge in [0.1, 0.15) is 0 Å². The van der Waals surface area contributed by atoms with Crippen LogP contribution in [0.4, 0.5) is 0 Å². The first-order valence-electron chi connectivity index (χ1n) is 2.91. The van der Waals surface area contributed by atoms with Gasteiger partial charge in [0.05, 0.1) is 6.10 Å². The van der Waals surface area contributed by atoms with Crippen molar-refractivity contribution < 1.29 is 5.11 Å². The van der Waals surface area contributed by atoms with Crippen LogP contribution in [0.5, 0.6) is 0 Å². The van der Waals surface area contributed by atoms with E-state index in [4.69, 9.17) is 5.11 Å². The molecule has 1 aliphatic rings. The van der Waals surface area contributed by atoms with Gasteiger partial charge in [0, 0.05) is 0 Å². The van der Waals surface area contributed by atoms with Crippen LogP contribution >= 0.6 is 20.7 Å². The second-order valence-electron chi connectivity index (χ2n) is 2.07. The lowest BCUT2D eigenvalue weighted by Crippen LogP contribution is -2.18. The van der Waals surface area contributed by atoms with E-state index in [1.165, 1.54) is 14.4 Å². The van der Waals surface area contributed by atoms with E-state index in [2.05, 4.69) is 6.92 Å². The van der Waals surface area contributed by atoms with Crippen molar-refractivity contribution in [1.29, 1.82) is 0 Å². The Morgan fingerprint density at radius 1 is 1.75 bits per heavy atom. The molecule has 0 aromatic heterocycles. The van der Waals surface area contributed by atoms with Crippen molar-refractivity contribution in [2.75, 3.05) is 4.43 Å². The molecule has 1 nitrogen and oxygen atoms in total. The van der Waals surface area contributed by atoms with Crippen LogP contribution in [0, 0.1) is 0 Å². The maximum atomic E-state index is 9.17. The Hall–Kier alpha value is 0.560. The summed E-state index contributed by atoms with van der Waals surface area (Å²) in [5.74, 6) is 0. The molecule has 0 radical (unpaired) electrons. The fraction of sp³-hybridized carbons (Fsp3) is 0.833. The van der Waals surface area contributed by atoms with Crippen LogP contribution in [-0.2, 0) is 0 Å². The lowest BCUT2D eigenvalue weighted by molar-refractivity contribution is 0.232. The Balaban J connectivity index is 2.53. The molecule has 0 aromatic rings. The van der Waals surface area contributed by atoms with Gasteiger partial charge < -0.3 is 5.11 Å². The summed E-state index contributed by atoms with van der Waals surface area (Å²) in [4.78, 5) is 0. The molecular weight excluding hydrogens is 215 g/mol. The maximum absolute atomic E-state index is 9.17. The number of halogens is 1. The molecule has 2 heteroatoms. The minimum atomic E-state index is -0.0310. The number of alkyl halides is 1. The summed E-state index contributed by atoms with van der Waals surface area (Å²) in [5, 5.41) is 9.17. The van der Waals surface area contributed by atoms with Gasteiger partial charge in [-0.1, -0.05) is 0 Å². The first kappa shape index (κ1) is 6.68. The summed E-state index contributed by atoms with van der Waals surface area (Å²) < 4.78 is 2.77. The molecule has 0 aliphatic carbocycles. The number of aliphatic hydroxyl groups excluding tert-OH is 1. The molecule has 48 valence electrons. The third-order valence-electron chi connectivity index (χ3n) is 1.38. The SMILES string of the molecule is CC1=ICCCC1O. The summed E-state index contributed by atoms with van der Waals surface area (Å²) in [5.41, 5.74) is 0. The number of hydrogen-bond donors (Lipinski definition) is 1. The fourth-order valence-corrected chi connectivity index (χ4v) is 3.27. The van der Waals surface area contributed by atoms with Crippen LogP contribution in [0.15, 0.2) is 0 Å². The lowest BCUT2D eigenvalue weighted by atomic mass is 10.2. The second kappa shape index (κ2) is 2.92. The first-order chi connectivity index (χ1) is 3.80. The molecule has 1 aliphatic heterocycles. The highest BCUT2D eigenvalue weighted by Gasteiger charge is 2.09. The molecule has 1 rings (SSSR count). The molecule has 1 atom stereocenters. The summed E-state index contributed by atoms with van der Waals surface area (Å²) >= 11 is 0.278. The van der Waals surface area contributed by atoms with Gasteiger partial charge >= 0.3 is 0 Å². The third kappa shape index (κ3) is 1.52. The average Bonchev–Trinajstić information content (AvgIpc) is 1.77. The molecule has 0 amide bonds. The van der Waals surface area contributed by atoms with Crippen molar-refractivity contribution in [3.8, 4) is 0 Å². The summed E-state index contributed by atoms with van der Waals surface area (Å²) in [6.07, 6.45) is 2.24. The summed E-state index contributed by atoms with van der Waals surface area (Å²) in [6, 6.07) is 0. The highest BCUT2D eigenvalue weighted by molar-refractivity contribution is 14.2. The molecule has 1 unspecified atom stereocenters. The molecule has 1 heterocycles. The normalized spacial score (nSPS) is 30.8. The topological polar surface area (TPSA) is 20.2 Å². The van der Waals surface area contributed by atoms with E-state index in [0.717, 1.165) is 6.42 Å². The molecule has 0 saturated heterocycles. The van der Waals surface area contributed by atoms with E-state index < -0.39 is 0 Å². The van der Waals surface area contributed by atoms with Gasteiger partial charge in [-0.25, -0.2) is 0 Å². The van der Waals surface area contributed by atoms with Crippen LogP contribution in [0.25, 0.3) is 0 Å². The van der Waals surface area contributed by atoms with Crippen LogP contribution in [-0.4, -0.2) is 19.1 Å². The first-order valence-corrected chi connectivity index (χ1v) is 5.52. The third-order valence-corrected chi connectivity index (χ3v) is 4.60. The molecule has 0 spiro atoms. The van der Waals surface area contributed by atoms with Gasteiger partial charge in [-0.3, -0.25) is 0 Å². The molecule has 0 saturated carbocycles. The Morgan fingerprint density at radius 3 is 2.88 bits per heavy atom. The predicted molar refractivity (Wildman–Crippen MR) is 44.8 cm³/mol. The van der Waals surface area contributed by atoms with Gasteiger partial charge in [0.15, 0.2) is 0 Å². The summed E-state index contributed by atoms with van der Waals surface area (Å²) in [6.45, 7) is 2.09. The highest BCUT2D eigenvalue weighted by atomic mass is 127. The number of rotatable bonds is 0. The molecular formula is C6H11IO. The van der Waals surface area contributed by atoms with E-state index >= 15 is 0 Å². The average molecular weight is 226 g/mol. The molecule has 0 bridgehead atoms. The van der Waals surface area contributed by atoms with Crippen molar-refractivity contribution in [3.63, 3.8) is 0 Å². The second-order valence-corrected chi connectivity index (χ2v) is 5.61. The lowest BCUT2D eigenvalue weighted by Gasteiger charge is -2.14. The van der Waals surface area contributed by atoms with Gasteiger partial charge in [-0.2, -0.15) is 0 Å². The quantitative estimate of drug-likeness (QED) is 0.487. The Labute approximate surface area is 59.8 Å². The van der Waals surface area contributed by atoms with Gasteiger partial charge in [0.25, 0.3) is 0 Å². The smallest absolute Gasteiger partial charge is 0.0799 e. The Morgan fingerprint density at radius 2 is 2.50 bits per heavy atom. The summed E-state index contributed by atoms with van der Waals surface area (Å²) in [7, 11) is 0. The van der Waals surface area contributed by atoms with E-state index in [0.29, 0.717) is 0 Å². The highest BCUT2D eigenvalue weighted by Crippen LogP contribution is 2.16. The fourth-order valence-electron chi connectivity index (χ4n) is 0.774. The Bertz CT molecular complexity index is 109. The van der Waals surface area contributed by atoms with Gasteiger partial charge in [0.2, 0.25) is 0 Å². The Kier molecular flexibility index (Phi) is 2.43. The van der Waals surface area contributed by atoms with Crippen molar-refractivity contribution >= 4 is 24.2 Å². The minimum Gasteiger partial charge on any atom is -0.388 e. The molecule has 0 aromatic carbocycles. The monoisotopic (exact) mass is 226 g/mol. The minimum absolute atomic E-state index is 0.0310. The zero-order valence-corrected chi connectivity index (χ0v) is 7.18. The molecule has 8 heavy (non-hydrogen) atoms. The van der Waals surface area contributed by atoms with E-state index in [1.54, 1.807) is 0 Å². The van der Waals surface area contributed by atoms with Crippen LogP contribution in [0.1, 0.15) is 19.8 Å². The van der Waals surface area contributed by atoms with E-state index in [9.17, 15) is 0 Å². The van der Waals surface area contributed by atoms with Crippen molar-refractivity contribution in [2.45, 2.75) is 25.9 Å². The van der Waals surface area contributed by atoms with Crippen LogP contribution in [0.3, 0.4) is 0 Å². The standard InChI is InChI=1S/C6H11IO/c1-5-6(8)3-2-4-7-5/h6,8H,2-4H2,1H3. The van der Waals surface area contributed by atoms with Crippen LogP contribution < -0.4 is 0 Å². The zero-order valence-electron chi connectivity index (χ0n) is 5.02. The molecule has 1 N–H and O–H groups in total. The van der Waals surface area contributed by atoms with E-state index in [-0.39, 0.29) is 26.8 Å². The van der Waals surface area contributed by atoms with Gasteiger partial charge in [-0.15, -0.1) is 20.7 Å². The number of hydrogen-bond acceptors (Lipinski definition) is 1. The largest absolute Gasteiger partial charge is 0.388 e. The van der Waals surface area contributed by atoms with Crippen molar-refractivity contribution in [3.05, 3.63) is 0 Å². The number of aliphatic hydroxyl groups is 1. The molecule has 0 fully saturated rings. The van der Waals surface area contributed by atoms with Crippen LogP contribution in [0.2, 0.25) is 0 Å². The maximum Gasteiger partial charge on any atom is 0.0799 e.